The van der Waals surface area contributed by atoms with E-state index in [1.807, 2.05) is 54.6 Å². The Kier molecular flexibility index (Phi) is 4.38. The van der Waals surface area contributed by atoms with Gasteiger partial charge in [-0.2, -0.15) is 5.10 Å². The molecule has 0 radical (unpaired) electrons. The molecule has 0 unspecified atom stereocenters. The third kappa shape index (κ3) is 3.40. The minimum absolute atomic E-state index is 0.141. The lowest BCUT2D eigenvalue weighted by Crippen LogP contribution is -2.06. The quantitative estimate of drug-likeness (QED) is 0.733. The molecule has 0 spiro atoms. The number of aromatic amines is 1. The molecular formula is C18H16N2O3. The number of ether oxygens (including phenoxy) is 2. The van der Waals surface area contributed by atoms with Gasteiger partial charge in [-0.05, 0) is 12.1 Å². The normalized spacial score (nSPS) is 10.3. The van der Waals surface area contributed by atoms with Crippen LogP contribution < -0.4 is 4.74 Å². The number of esters is 1. The van der Waals surface area contributed by atoms with Crippen LogP contribution in [0.25, 0.3) is 11.3 Å². The zero-order chi connectivity index (χ0) is 16.1. The summed E-state index contributed by atoms with van der Waals surface area (Å²) in [6.07, 6.45) is 0. The molecule has 1 N–H and O–H groups in total. The van der Waals surface area contributed by atoms with E-state index in [2.05, 4.69) is 10.2 Å². The predicted molar refractivity (Wildman–Crippen MR) is 86.1 cm³/mol. The summed E-state index contributed by atoms with van der Waals surface area (Å²) in [4.78, 5) is 12.1. The summed E-state index contributed by atoms with van der Waals surface area (Å²) in [6, 6.07) is 18.7. The van der Waals surface area contributed by atoms with E-state index >= 15 is 0 Å². The summed E-state index contributed by atoms with van der Waals surface area (Å²) in [7, 11) is 1.59. The van der Waals surface area contributed by atoms with Crippen LogP contribution >= 0.6 is 0 Å². The van der Waals surface area contributed by atoms with E-state index in [0.717, 1.165) is 11.1 Å². The average Bonchev–Trinajstić information content (AvgIpc) is 3.11. The first kappa shape index (κ1) is 14.8. The van der Waals surface area contributed by atoms with Crippen molar-refractivity contribution < 1.29 is 14.3 Å². The largest absolute Gasteiger partial charge is 0.496 e. The van der Waals surface area contributed by atoms with Crippen LogP contribution in [-0.4, -0.2) is 23.3 Å². The SMILES string of the molecule is COc1ccccc1COC(=O)c1cc(-c2ccccc2)n[nH]1. The summed E-state index contributed by atoms with van der Waals surface area (Å²) in [5.41, 5.74) is 2.77. The zero-order valence-corrected chi connectivity index (χ0v) is 12.7. The summed E-state index contributed by atoms with van der Waals surface area (Å²) in [5.74, 6) is 0.237. The topological polar surface area (TPSA) is 64.2 Å². The first-order valence-electron chi connectivity index (χ1n) is 7.18. The lowest BCUT2D eigenvalue weighted by atomic mass is 10.1. The van der Waals surface area contributed by atoms with Crippen molar-refractivity contribution in [3.8, 4) is 17.0 Å². The third-order valence-electron chi connectivity index (χ3n) is 3.42. The van der Waals surface area contributed by atoms with Gasteiger partial charge in [0.15, 0.2) is 0 Å². The van der Waals surface area contributed by atoms with Gasteiger partial charge in [0.1, 0.15) is 18.1 Å². The van der Waals surface area contributed by atoms with E-state index in [1.54, 1.807) is 13.2 Å². The maximum atomic E-state index is 12.1. The van der Waals surface area contributed by atoms with Crippen LogP contribution in [0.15, 0.2) is 60.7 Å². The van der Waals surface area contributed by atoms with Gasteiger partial charge >= 0.3 is 5.97 Å². The number of para-hydroxylation sites is 1. The van der Waals surface area contributed by atoms with Crippen molar-refractivity contribution >= 4 is 5.97 Å². The van der Waals surface area contributed by atoms with E-state index in [0.29, 0.717) is 17.1 Å². The molecule has 3 rings (SSSR count). The first-order valence-corrected chi connectivity index (χ1v) is 7.18. The number of carbonyl (C=O) groups is 1. The van der Waals surface area contributed by atoms with Crippen LogP contribution in [0.1, 0.15) is 16.1 Å². The van der Waals surface area contributed by atoms with Crippen LogP contribution in [0.5, 0.6) is 5.75 Å². The molecule has 1 heterocycles. The number of hydrogen-bond donors (Lipinski definition) is 1. The smallest absolute Gasteiger partial charge is 0.356 e. The van der Waals surface area contributed by atoms with Gasteiger partial charge < -0.3 is 9.47 Å². The third-order valence-corrected chi connectivity index (χ3v) is 3.42. The van der Waals surface area contributed by atoms with Gasteiger partial charge in [0.2, 0.25) is 0 Å². The highest BCUT2D eigenvalue weighted by Gasteiger charge is 2.13. The first-order chi connectivity index (χ1) is 11.3. The summed E-state index contributed by atoms with van der Waals surface area (Å²) >= 11 is 0. The van der Waals surface area contributed by atoms with Gasteiger partial charge in [-0.15, -0.1) is 0 Å². The minimum atomic E-state index is -0.453. The Labute approximate surface area is 133 Å². The molecule has 0 bridgehead atoms. The highest BCUT2D eigenvalue weighted by atomic mass is 16.5. The second-order valence-corrected chi connectivity index (χ2v) is 4.92. The molecule has 0 amide bonds. The number of benzene rings is 2. The van der Waals surface area contributed by atoms with Gasteiger partial charge in [-0.1, -0.05) is 48.5 Å². The summed E-state index contributed by atoms with van der Waals surface area (Å²) in [6.45, 7) is 0.141. The van der Waals surface area contributed by atoms with Gasteiger partial charge in [0.05, 0.1) is 12.8 Å². The van der Waals surface area contributed by atoms with Crippen molar-refractivity contribution in [2.75, 3.05) is 7.11 Å². The van der Waals surface area contributed by atoms with E-state index in [4.69, 9.17) is 9.47 Å². The number of methoxy groups -OCH3 is 1. The molecule has 23 heavy (non-hydrogen) atoms. The van der Waals surface area contributed by atoms with Crippen LogP contribution in [0, 0.1) is 0 Å². The molecule has 5 nitrogen and oxygen atoms in total. The zero-order valence-electron chi connectivity index (χ0n) is 12.7. The molecule has 116 valence electrons. The Morgan fingerprint density at radius 2 is 1.83 bits per heavy atom. The molecule has 0 aliphatic rings. The molecule has 0 fully saturated rings. The van der Waals surface area contributed by atoms with Crippen molar-refractivity contribution in [3.63, 3.8) is 0 Å². The Morgan fingerprint density at radius 1 is 1.09 bits per heavy atom. The second kappa shape index (κ2) is 6.79. The number of carbonyl (C=O) groups excluding carboxylic acids is 1. The van der Waals surface area contributed by atoms with Crippen molar-refractivity contribution in [1.82, 2.24) is 10.2 Å². The van der Waals surface area contributed by atoms with E-state index < -0.39 is 5.97 Å². The maximum absolute atomic E-state index is 12.1. The van der Waals surface area contributed by atoms with Gasteiger partial charge in [-0.3, -0.25) is 5.10 Å². The number of rotatable bonds is 5. The monoisotopic (exact) mass is 308 g/mol. The van der Waals surface area contributed by atoms with Crippen molar-refractivity contribution in [1.29, 1.82) is 0 Å². The van der Waals surface area contributed by atoms with Crippen LogP contribution in [-0.2, 0) is 11.3 Å². The van der Waals surface area contributed by atoms with Crippen molar-refractivity contribution in [2.45, 2.75) is 6.61 Å². The predicted octanol–water partition coefficient (Wildman–Crippen LogP) is 3.44. The minimum Gasteiger partial charge on any atom is -0.496 e. The molecule has 0 aliphatic carbocycles. The Bertz CT molecular complexity index is 797. The summed E-state index contributed by atoms with van der Waals surface area (Å²) < 4.78 is 10.5. The van der Waals surface area contributed by atoms with Crippen molar-refractivity contribution in [3.05, 3.63) is 71.9 Å². The number of nitrogens with one attached hydrogen (secondary N) is 1. The Hall–Kier alpha value is -3.08. The standard InChI is InChI=1S/C18H16N2O3/c1-22-17-10-6-5-9-14(17)12-23-18(21)16-11-15(19-20-16)13-7-3-2-4-8-13/h2-11H,12H2,1H3,(H,19,20). The fraction of sp³-hybridized carbons (Fsp3) is 0.111. The van der Waals surface area contributed by atoms with Gasteiger partial charge in [-0.25, -0.2) is 4.79 Å². The van der Waals surface area contributed by atoms with Crippen LogP contribution in [0.2, 0.25) is 0 Å². The maximum Gasteiger partial charge on any atom is 0.356 e. The van der Waals surface area contributed by atoms with E-state index in [1.165, 1.54) is 0 Å². The fourth-order valence-corrected chi connectivity index (χ4v) is 2.23. The molecule has 0 aliphatic heterocycles. The molecule has 0 atom stereocenters. The Morgan fingerprint density at radius 3 is 2.61 bits per heavy atom. The fourth-order valence-electron chi connectivity index (χ4n) is 2.23. The molecule has 5 heteroatoms. The number of aromatic nitrogens is 2. The van der Waals surface area contributed by atoms with E-state index in [9.17, 15) is 4.79 Å². The highest BCUT2D eigenvalue weighted by Crippen LogP contribution is 2.20. The number of nitrogens with zero attached hydrogens (tertiary/aromatic N) is 1. The van der Waals surface area contributed by atoms with Gasteiger partial charge in [0, 0.05) is 11.1 Å². The van der Waals surface area contributed by atoms with Crippen molar-refractivity contribution in [2.24, 2.45) is 0 Å². The number of hydrogen-bond acceptors (Lipinski definition) is 4. The summed E-state index contributed by atoms with van der Waals surface area (Å²) in [5, 5.41) is 6.86. The molecule has 0 saturated heterocycles. The lowest BCUT2D eigenvalue weighted by molar-refractivity contribution is 0.0463. The molecule has 1 aromatic heterocycles. The second-order valence-electron chi connectivity index (χ2n) is 4.92. The average molecular weight is 308 g/mol. The van der Waals surface area contributed by atoms with Crippen LogP contribution in [0.3, 0.4) is 0 Å². The molecular weight excluding hydrogens is 292 g/mol. The lowest BCUT2D eigenvalue weighted by Gasteiger charge is -2.08. The molecule has 0 saturated carbocycles. The molecule has 3 aromatic rings. The Balaban J connectivity index is 1.68. The highest BCUT2D eigenvalue weighted by molar-refractivity contribution is 5.88. The van der Waals surface area contributed by atoms with E-state index in [-0.39, 0.29) is 6.61 Å². The van der Waals surface area contributed by atoms with Crippen LogP contribution in [0.4, 0.5) is 0 Å². The molecule has 2 aromatic carbocycles. The number of H-pyrrole nitrogens is 1. The van der Waals surface area contributed by atoms with Gasteiger partial charge in [0.25, 0.3) is 0 Å².